The van der Waals surface area contributed by atoms with E-state index >= 15 is 0 Å². The lowest BCUT2D eigenvalue weighted by molar-refractivity contribution is 0.0378. The zero-order valence-corrected chi connectivity index (χ0v) is 15.3. The number of carbonyl (C=O) groups is 2. The van der Waals surface area contributed by atoms with Crippen LogP contribution in [-0.4, -0.2) is 41.6 Å². The first kappa shape index (κ1) is 19.5. The van der Waals surface area contributed by atoms with Gasteiger partial charge >= 0.3 is 12.0 Å². The third-order valence-electron chi connectivity index (χ3n) is 3.02. The smallest absolute Gasteiger partial charge is 0.339 e. The predicted octanol–water partition coefficient (Wildman–Crippen LogP) is 2.80. The Labute approximate surface area is 154 Å². The van der Waals surface area contributed by atoms with Crippen LogP contribution in [0.3, 0.4) is 0 Å². The van der Waals surface area contributed by atoms with E-state index in [1.807, 2.05) is 0 Å². The Hall–Kier alpha value is -2.81. The summed E-state index contributed by atoms with van der Waals surface area (Å²) in [4.78, 5) is 23.9. The van der Waals surface area contributed by atoms with Crippen LogP contribution in [-0.2, 0) is 4.74 Å². The second kappa shape index (κ2) is 9.04. The van der Waals surface area contributed by atoms with Gasteiger partial charge < -0.3 is 20.1 Å². The van der Waals surface area contributed by atoms with E-state index in [4.69, 9.17) is 21.1 Å². The van der Waals surface area contributed by atoms with Crippen LogP contribution in [0.4, 0.5) is 10.5 Å². The van der Waals surface area contributed by atoms with Crippen molar-refractivity contribution in [1.82, 2.24) is 15.6 Å². The Balaban J connectivity index is 1.84. The third kappa shape index (κ3) is 5.62. The zero-order chi connectivity index (χ0) is 19.1. The number of benzene rings is 1. The number of hydrogen-bond acceptors (Lipinski definition) is 7. The maximum absolute atomic E-state index is 12.0. The normalized spacial score (nSPS) is 10.5. The van der Waals surface area contributed by atoms with Gasteiger partial charge in [-0.3, -0.25) is 0 Å². The topological polar surface area (TPSA) is 116 Å². The molecule has 0 spiro atoms. The Kier molecular flexibility index (Phi) is 6.79. The average molecular weight is 383 g/mol. The van der Waals surface area contributed by atoms with Gasteiger partial charge in [0.1, 0.15) is 12.3 Å². The third-order valence-corrected chi connectivity index (χ3v) is 3.35. The van der Waals surface area contributed by atoms with Crippen LogP contribution in [0.25, 0.3) is 0 Å². The second-order valence-electron chi connectivity index (χ2n) is 5.53. The van der Waals surface area contributed by atoms with E-state index in [0.29, 0.717) is 11.4 Å². The van der Waals surface area contributed by atoms with Gasteiger partial charge in [-0.2, -0.15) is 0 Å². The second-order valence-corrected chi connectivity index (χ2v) is 5.94. The number of aryl methyl sites for hydroxylation is 1. The molecule has 9 nitrogen and oxygen atoms in total. The molecule has 0 fully saturated rings. The summed E-state index contributed by atoms with van der Waals surface area (Å²) in [5, 5.41) is 12.6. The summed E-state index contributed by atoms with van der Waals surface area (Å²) in [6.07, 6.45) is -0.276. The fraction of sp³-hybridized carbons (Fsp3) is 0.375. The number of hydrogen-bond donors (Lipinski definition) is 2. The molecule has 0 aliphatic rings. The van der Waals surface area contributed by atoms with Gasteiger partial charge in [-0.1, -0.05) is 16.8 Å². The first-order chi connectivity index (χ1) is 12.4. The largest absolute Gasteiger partial charge is 0.472 e. The number of nitrogens with zero attached hydrogens (tertiary/aromatic N) is 2. The summed E-state index contributed by atoms with van der Waals surface area (Å²) >= 11 is 6.01. The van der Waals surface area contributed by atoms with Crippen molar-refractivity contribution in [2.24, 2.45) is 0 Å². The van der Waals surface area contributed by atoms with Crippen LogP contribution in [0, 0.1) is 6.92 Å². The summed E-state index contributed by atoms with van der Waals surface area (Å²) in [6, 6.07) is 4.08. The van der Waals surface area contributed by atoms with Gasteiger partial charge in [0.25, 0.3) is 5.88 Å². The van der Waals surface area contributed by atoms with E-state index in [2.05, 4.69) is 25.6 Å². The molecule has 0 saturated carbocycles. The van der Waals surface area contributed by atoms with Crippen molar-refractivity contribution in [1.29, 1.82) is 0 Å². The van der Waals surface area contributed by atoms with Gasteiger partial charge in [0.2, 0.25) is 0 Å². The van der Waals surface area contributed by atoms with Crippen molar-refractivity contribution in [3.8, 4) is 5.88 Å². The SMILES string of the molecule is Cc1nonc1OCCNC(=O)Nc1ccc(Cl)c(C(=O)OC(C)C)c1. The molecule has 2 N–H and O–H groups in total. The molecule has 10 heteroatoms. The fourth-order valence-corrected chi connectivity index (χ4v) is 2.07. The minimum absolute atomic E-state index is 0.176. The highest BCUT2D eigenvalue weighted by Crippen LogP contribution is 2.22. The zero-order valence-electron chi connectivity index (χ0n) is 14.5. The number of carbonyl (C=O) groups excluding carboxylic acids is 2. The van der Waals surface area contributed by atoms with Gasteiger partial charge in [0.15, 0.2) is 0 Å². The molecule has 0 aliphatic heterocycles. The maximum Gasteiger partial charge on any atom is 0.339 e. The molecule has 0 radical (unpaired) electrons. The molecule has 0 bridgehead atoms. The fourth-order valence-electron chi connectivity index (χ4n) is 1.88. The summed E-state index contributed by atoms with van der Waals surface area (Å²) in [7, 11) is 0. The van der Waals surface area contributed by atoms with Crippen molar-refractivity contribution in [2.75, 3.05) is 18.5 Å². The van der Waals surface area contributed by atoms with Crippen molar-refractivity contribution >= 4 is 29.3 Å². The van der Waals surface area contributed by atoms with Crippen LogP contribution in [0.5, 0.6) is 5.88 Å². The number of nitrogens with one attached hydrogen (secondary N) is 2. The van der Waals surface area contributed by atoms with E-state index in [9.17, 15) is 9.59 Å². The quantitative estimate of drug-likeness (QED) is 0.558. The molecule has 0 unspecified atom stereocenters. The molecule has 0 aliphatic carbocycles. The number of rotatable bonds is 7. The van der Waals surface area contributed by atoms with Crippen LogP contribution >= 0.6 is 11.6 Å². The Morgan fingerprint density at radius 2 is 2.08 bits per heavy atom. The minimum Gasteiger partial charge on any atom is -0.472 e. The average Bonchev–Trinajstić information content (AvgIpc) is 2.98. The summed E-state index contributed by atoms with van der Waals surface area (Å²) in [5.74, 6) is -0.280. The van der Waals surface area contributed by atoms with Crippen LogP contribution < -0.4 is 15.4 Å². The van der Waals surface area contributed by atoms with Crippen molar-refractivity contribution in [3.63, 3.8) is 0 Å². The van der Waals surface area contributed by atoms with E-state index in [0.717, 1.165) is 0 Å². The number of urea groups is 1. The highest BCUT2D eigenvalue weighted by atomic mass is 35.5. The van der Waals surface area contributed by atoms with Gasteiger partial charge in [0, 0.05) is 5.69 Å². The van der Waals surface area contributed by atoms with E-state index < -0.39 is 12.0 Å². The number of halogens is 1. The van der Waals surface area contributed by atoms with Gasteiger partial charge in [-0.15, -0.1) is 0 Å². The number of esters is 1. The highest BCUT2D eigenvalue weighted by Gasteiger charge is 2.15. The Bertz CT molecular complexity index is 778. The summed E-state index contributed by atoms with van der Waals surface area (Å²) < 4.78 is 14.9. The van der Waals surface area contributed by atoms with Gasteiger partial charge in [0.05, 0.1) is 23.2 Å². The monoisotopic (exact) mass is 382 g/mol. The Morgan fingerprint density at radius 3 is 2.73 bits per heavy atom. The highest BCUT2D eigenvalue weighted by molar-refractivity contribution is 6.33. The molecule has 2 amide bonds. The van der Waals surface area contributed by atoms with E-state index in [1.165, 1.54) is 12.1 Å². The van der Waals surface area contributed by atoms with Crippen LogP contribution in [0.15, 0.2) is 22.8 Å². The molecular formula is C16H19ClN4O5. The van der Waals surface area contributed by atoms with Crippen LogP contribution in [0.2, 0.25) is 5.02 Å². The van der Waals surface area contributed by atoms with E-state index in [-0.39, 0.29) is 35.7 Å². The first-order valence-electron chi connectivity index (χ1n) is 7.84. The molecule has 2 aromatic rings. The van der Waals surface area contributed by atoms with Gasteiger partial charge in [-0.05, 0) is 44.1 Å². The minimum atomic E-state index is -0.556. The first-order valence-corrected chi connectivity index (χ1v) is 8.22. The number of anilines is 1. The van der Waals surface area contributed by atoms with Crippen molar-refractivity contribution in [3.05, 3.63) is 34.5 Å². The molecule has 2 rings (SSSR count). The van der Waals surface area contributed by atoms with Crippen LogP contribution in [0.1, 0.15) is 29.9 Å². The lowest BCUT2D eigenvalue weighted by atomic mass is 10.2. The van der Waals surface area contributed by atoms with Gasteiger partial charge in [-0.25, -0.2) is 14.2 Å². The molecule has 1 heterocycles. The molecule has 0 atom stereocenters. The molecule has 0 saturated heterocycles. The lowest BCUT2D eigenvalue weighted by Crippen LogP contribution is -2.32. The maximum atomic E-state index is 12.0. The standard InChI is InChI=1S/C16H19ClN4O5/c1-9(2)25-15(22)12-8-11(4-5-13(12)17)19-16(23)18-6-7-24-14-10(3)20-26-21-14/h4-5,8-9H,6-7H2,1-3H3,(H2,18,19,23). The molecule has 26 heavy (non-hydrogen) atoms. The van der Waals surface area contributed by atoms with Crippen molar-refractivity contribution < 1.29 is 23.7 Å². The van der Waals surface area contributed by atoms with Crippen molar-refractivity contribution in [2.45, 2.75) is 26.9 Å². The number of amides is 2. The number of ether oxygens (including phenoxy) is 2. The summed E-state index contributed by atoms with van der Waals surface area (Å²) in [6.45, 7) is 5.58. The molecule has 1 aromatic heterocycles. The Morgan fingerprint density at radius 1 is 1.31 bits per heavy atom. The van der Waals surface area contributed by atoms with E-state index in [1.54, 1.807) is 26.8 Å². The molecule has 140 valence electrons. The molecule has 1 aromatic carbocycles. The predicted molar refractivity (Wildman–Crippen MR) is 93.6 cm³/mol. The number of aromatic nitrogens is 2. The molecular weight excluding hydrogens is 364 g/mol. The lowest BCUT2D eigenvalue weighted by Gasteiger charge is -2.12. The summed E-state index contributed by atoms with van der Waals surface area (Å²) in [5.41, 5.74) is 1.10.